The van der Waals surface area contributed by atoms with Gasteiger partial charge in [-0.2, -0.15) is 0 Å². The van der Waals surface area contributed by atoms with Crippen molar-refractivity contribution in [3.63, 3.8) is 0 Å². The molecular weight excluding hydrogens is 598 g/mol. The first-order valence-corrected chi connectivity index (χ1v) is 15.4. The highest BCUT2D eigenvalue weighted by Gasteiger charge is 2.28. The van der Waals surface area contributed by atoms with Crippen molar-refractivity contribution in [2.75, 3.05) is 41.7 Å². The number of nitrogens with one attached hydrogen (secondary N) is 2. The van der Waals surface area contributed by atoms with E-state index in [9.17, 15) is 14.4 Å². The molecule has 1 saturated heterocycles. The molecule has 0 aliphatic carbocycles. The summed E-state index contributed by atoms with van der Waals surface area (Å²) in [5.41, 5.74) is 4.76. The van der Waals surface area contributed by atoms with Gasteiger partial charge in [0, 0.05) is 79.9 Å². The molecule has 12 nitrogen and oxygen atoms in total. The molecule has 3 heterocycles. The lowest BCUT2D eigenvalue weighted by molar-refractivity contribution is -0.175. The number of aromatic nitrogens is 3. The van der Waals surface area contributed by atoms with Crippen LogP contribution in [0.1, 0.15) is 43.6 Å². The lowest BCUT2D eigenvalue weighted by atomic mass is 9.97. The summed E-state index contributed by atoms with van der Waals surface area (Å²) in [5, 5.41) is 6.23. The molecule has 1 aliphatic rings. The highest BCUT2D eigenvalue weighted by atomic mass is 16.7. The normalized spacial score (nSPS) is 13.8. The number of rotatable bonds is 8. The molecule has 4 aromatic rings. The van der Waals surface area contributed by atoms with E-state index in [-0.39, 0.29) is 5.91 Å². The SMILES string of the molecule is Cc1ccc(NC(=O)c2ccc(N3CCN(C(=O)OC(C)OC(=O)C(C)(C)C)CC3)cc2)cc1Nc1nccc(-c2cccnc2)n1. The minimum absolute atomic E-state index is 0.241. The zero-order valence-electron chi connectivity index (χ0n) is 27.2. The third-order valence-electron chi connectivity index (χ3n) is 7.54. The van der Waals surface area contributed by atoms with Gasteiger partial charge in [0.15, 0.2) is 0 Å². The van der Waals surface area contributed by atoms with Gasteiger partial charge in [-0.25, -0.2) is 14.8 Å². The quantitative estimate of drug-likeness (QED) is 0.174. The summed E-state index contributed by atoms with van der Waals surface area (Å²) in [5.74, 6) is -0.243. The van der Waals surface area contributed by atoms with Crippen molar-refractivity contribution < 1.29 is 23.9 Å². The number of amides is 2. The maximum atomic E-state index is 13.1. The van der Waals surface area contributed by atoms with E-state index in [2.05, 4.69) is 30.5 Å². The van der Waals surface area contributed by atoms with Crippen LogP contribution in [-0.4, -0.2) is 70.3 Å². The minimum atomic E-state index is -0.974. The summed E-state index contributed by atoms with van der Waals surface area (Å²) < 4.78 is 10.5. The highest BCUT2D eigenvalue weighted by molar-refractivity contribution is 6.04. The lowest BCUT2D eigenvalue weighted by Gasteiger charge is -2.36. The van der Waals surface area contributed by atoms with Crippen LogP contribution in [-0.2, 0) is 14.3 Å². The largest absolute Gasteiger partial charge is 0.425 e. The fourth-order valence-electron chi connectivity index (χ4n) is 4.79. The summed E-state index contributed by atoms with van der Waals surface area (Å²) in [6.07, 6.45) is 3.65. The molecule has 1 fully saturated rings. The van der Waals surface area contributed by atoms with Crippen molar-refractivity contribution in [2.45, 2.75) is 40.9 Å². The molecule has 2 aromatic heterocycles. The topological polar surface area (TPSA) is 139 Å². The maximum absolute atomic E-state index is 13.1. The van der Waals surface area contributed by atoms with Gasteiger partial charge in [0.2, 0.25) is 12.2 Å². The van der Waals surface area contributed by atoms with E-state index in [0.29, 0.717) is 43.4 Å². The maximum Gasteiger partial charge on any atom is 0.412 e. The summed E-state index contributed by atoms with van der Waals surface area (Å²) in [7, 11) is 0. The van der Waals surface area contributed by atoms with Crippen molar-refractivity contribution in [1.82, 2.24) is 19.9 Å². The number of carbonyl (C=O) groups excluding carboxylic acids is 3. The Morgan fingerprint density at radius 3 is 2.34 bits per heavy atom. The van der Waals surface area contributed by atoms with Gasteiger partial charge < -0.3 is 29.9 Å². The van der Waals surface area contributed by atoms with E-state index < -0.39 is 23.8 Å². The second-order valence-electron chi connectivity index (χ2n) is 12.2. The smallest absolute Gasteiger partial charge is 0.412 e. The number of aryl methyl sites for hydroxylation is 1. The Labute approximate surface area is 274 Å². The molecule has 0 saturated carbocycles. The molecule has 1 atom stereocenters. The van der Waals surface area contributed by atoms with Crippen LogP contribution in [0.25, 0.3) is 11.3 Å². The molecule has 244 valence electrons. The Morgan fingerprint density at radius 2 is 1.66 bits per heavy atom. The van der Waals surface area contributed by atoms with E-state index in [1.807, 2.05) is 55.5 Å². The molecule has 2 amide bonds. The predicted molar refractivity (Wildman–Crippen MR) is 179 cm³/mol. The van der Waals surface area contributed by atoms with Gasteiger partial charge >= 0.3 is 12.1 Å². The zero-order chi connectivity index (χ0) is 33.6. The summed E-state index contributed by atoms with van der Waals surface area (Å²) in [6.45, 7) is 10.8. The van der Waals surface area contributed by atoms with Crippen LogP contribution >= 0.6 is 0 Å². The number of carbonyl (C=O) groups is 3. The number of ether oxygens (including phenoxy) is 2. The van der Waals surface area contributed by atoms with Crippen LogP contribution in [0.4, 0.5) is 27.8 Å². The Morgan fingerprint density at radius 1 is 0.915 bits per heavy atom. The number of anilines is 4. The highest BCUT2D eigenvalue weighted by Crippen LogP contribution is 2.25. The van der Waals surface area contributed by atoms with E-state index >= 15 is 0 Å². The first-order chi connectivity index (χ1) is 22.5. The van der Waals surface area contributed by atoms with E-state index in [1.54, 1.807) is 56.4 Å². The molecule has 0 bridgehead atoms. The fraction of sp³-hybridized carbons (Fsp3) is 0.314. The third kappa shape index (κ3) is 8.60. The van der Waals surface area contributed by atoms with Crippen molar-refractivity contribution in [2.24, 2.45) is 5.41 Å². The van der Waals surface area contributed by atoms with Gasteiger partial charge in [0.25, 0.3) is 5.91 Å². The average molecular weight is 638 g/mol. The van der Waals surface area contributed by atoms with Crippen molar-refractivity contribution in [3.8, 4) is 11.3 Å². The van der Waals surface area contributed by atoms with E-state index in [1.165, 1.54) is 6.92 Å². The molecule has 0 radical (unpaired) electrons. The van der Waals surface area contributed by atoms with Crippen LogP contribution in [0.3, 0.4) is 0 Å². The molecule has 1 aliphatic heterocycles. The molecule has 12 heteroatoms. The monoisotopic (exact) mass is 637 g/mol. The van der Waals surface area contributed by atoms with Crippen molar-refractivity contribution in [3.05, 3.63) is 90.4 Å². The summed E-state index contributed by atoms with van der Waals surface area (Å²) in [4.78, 5) is 54.6. The second kappa shape index (κ2) is 14.3. The average Bonchev–Trinajstić information content (AvgIpc) is 3.06. The Bertz CT molecular complexity index is 1720. The third-order valence-corrected chi connectivity index (χ3v) is 7.54. The molecule has 5 rings (SSSR count). The first-order valence-electron chi connectivity index (χ1n) is 15.4. The van der Waals surface area contributed by atoms with Gasteiger partial charge in [-0.05, 0) is 87.9 Å². The number of hydrogen-bond acceptors (Lipinski definition) is 10. The zero-order valence-corrected chi connectivity index (χ0v) is 27.2. The number of esters is 1. The number of nitrogens with zero attached hydrogens (tertiary/aromatic N) is 5. The van der Waals surface area contributed by atoms with Crippen LogP contribution in [0, 0.1) is 12.3 Å². The molecule has 2 N–H and O–H groups in total. The lowest BCUT2D eigenvalue weighted by Crippen LogP contribution is -2.49. The summed E-state index contributed by atoms with van der Waals surface area (Å²) >= 11 is 0. The number of hydrogen-bond donors (Lipinski definition) is 2. The Hall–Kier alpha value is -5.52. The second-order valence-corrected chi connectivity index (χ2v) is 12.2. The first kappa shape index (κ1) is 32.9. The van der Waals surface area contributed by atoms with Gasteiger partial charge in [-0.3, -0.25) is 14.6 Å². The van der Waals surface area contributed by atoms with E-state index in [0.717, 1.165) is 28.2 Å². The predicted octanol–water partition coefficient (Wildman–Crippen LogP) is 6.04. The van der Waals surface area contributed by atoms with Crippen LogP contribution in [0.15, 0.2) is 79.3 Å². The standard InChI is InChI=1S/C35H39N7O5/c1-23-8-11-27(21-30(23)40-33-37-16-14-29(39-33)26-7-6-15-36-22-26)38-31(43)25-9-12-28(13-10-25)41-17-19-42(20-18-41)34(45)47-24(2)46-32(44)35(3,4)5/h6-16,21-22,24H,17-20H2,1-5H3,(H,38,43)(H,37,39,40). The van der Waals surface area contributed by atoms with Crippen molar-refractivity contribution in [1.29, 1.82) is 0 Å². The molecule has 0 spiro atoms. The minimum Gasteiger partial charge on any atom is -0.425 e. The van der Waals surface area contributed by atoms with Gasteiger partial charge in [0.05, 0.1) is 11.1 Å². The number of benzene rings is 2. The van der Waals surface area contributed by atoms with Crippen LogP contribution < -0.4 is 15.5 Å². The van der Waals surface area contributed by atoms with Gasteiger partial charge in [-0.15, -0.1) is 0 Å². The van der Waals surface area contributed by atoms with Gasteiger partial charge in [0.1, 0.15) is 0 Å². The molecule has 2 aromatic carbocycles. The molecule has 1 unspecified atom stereocenters. The summed E-state index contributed by atoms with van der Waals surface area (Å²) in [6, 6.07) is 18.6. The van der Waals surface area contributed by atoms with Gasteiger partial charge in [-0.1, -0.05) is 6.07 Å². The van der Waals surface area contributed by atoms with Crippen molar-refractivity contribution >= 4 is 41.0 Å². The Balaban J connectivity index is 1.14. The molecule has 47 heavy (non-hydrogen) atoms. The number of piperazine rings is 1. The fourth-order valence-corrected chi connectivity index (χ4v) is 4.79. The van der Waals surface area contributed by atoms with E-state index in [4.69, 9.17) is 9.47 Å². The van der Waals surface area contributed by atoms with Crippen LogP contribution in [0.2, 0.25) is 0 Å². The molecular formula is C35H39N7O5. The van der Waals surface area contributed by atoms with Crippen LogP contribution in [0.5, 0.6) is 0 Å². The Kier molecular flexibility index (Phi) is 9.98. The number of pyridine rings is 1.